The van der Waals surface area contributed by atoms with Crippen LogP contribution >= 0.6 is 23.1 Å². The fourth-order valence-corrected chi connectivity index (χ4v) is 3.11. The van der Waals surface area contributed by atoms with Crippen LogP contribution in [0.5, 0.6) is 0 Å². The summed E-state index contributed by atoms with van der Waals surface area (Å²) in [5, 5.41) is 12.8. The third-order valence-corrected chi connectivity index (χ3v) is 4.58. The molecular weight excluding hydrogens is 306 g/mol. The number of anilines is 1. The van der Waals surface area contributed by atoms with Crippen molar-refractivity contribution in [1.29, 1.82) is 0 Å². The van der Waals surface area contributed by atoms with Gasteiger partial charge in [-0.1, -0.05) is 42.2 Å². The average molecular weight is 319 g/mol. The van der Waals surface area contributed by atoms with E-state index in [1.807, 2.05) is 31.2 Å². The second-order valence-electron chi connectivity index (χ2n) is 4.25. The summed E-state index contributed by atoms with van der Waals surface area (Å²) >= 11 is 2.76. The lowest BCUT2D eigenvalue weighted by Gasteiger charge is -1.98. The maximum Gasteiger partial charge on any atom is 0.236 e. The van der Waals surface area contributed by atoms with E-state index in [2.05, 4.69) is 25.5 Å². The molecule has 0 aliphatic heterocycles. The van der Waals surface area contributed by atoms with Gasteiger partial charge in [-0.2, -0.15) is 0 Å². The predicted molar refractivity (Wildman–Crippen MR) is 84.7 cm³/mol. The Bertz CT molecular complexity index is 734. The molecule has 0 atom stereocenters. The van der Waals surface area contributed by atoms with E-state index >= 15 is 0 Å². The van der Waals surface area contributed by atoms with E-state index in [4.69, 9.17) is 0 Å². The lowest BCUT2D eigenvalue weighted by molar-refractivity contribution is -0.113. The highest BCUT2D eigenvalue weighted by molar-refractivity contribution is 7.99. The fourth-order valence-electron chi connectivity index (χ4n) is 1.73. The Kier molecular flexibility index (Phi) is 4.16. The van der Waals surface area contributed by atoms with Crippen molar-refractivity contribution in [3.8, 4) is 0 Å². The van der Waals surface area contributed by atoms with Gasteiger partial charge in [0.05, 0.1) is 16.8 Å². The Labute approximate surface area is 129 Å². The van der Waals surface area contributed by atoms with Gasteiger partial charge >= 0.3 is 0 Å². The number of imidazole rings is 1. The van der Waals surface area contributed by atoms with Gasteiger partial charge in [0.2, 0.25) is 11.0 Å². The molecule has 0 aliphatic carbocycles. The fraction of sp³-hybridized carbons (Fsp3) is 0.231. The number of amides is 1. The van der Waals surface area contributed by atoms with Gasteiger partial charge in [-0.05, 0) is 18.6 Å². The number of H-pyrrole nitrogens is 1. The molecule has 0 spiro atoms. The predicted octanol–water partition coefficient (Wildman–Crippen LogP) is 2.71. The van der Waals surface area contributed by atoms with Gasteiger partial charge in [-0.25, -0.2) is 4.98 Å². The van der Waals surface area contributed by atoms with Gasteiger partial charge in [-0.15, -0.1) is 10.2 Å². The number of para-hydroxylation sites is 2. The van der Waals surface area contributed by atoms with E-state index < -0.39 is 0 Å². The van der Waals surface area contributed by atoms with E-state index in [-0.39, 0.29) is 11.7 Å². The normalized spacial score (nSPS) is 10.9. The number of aryl methyl sites for hydroxylation is 1. The van der Waals surface area contributed by atoms with Gasteiger partial charge in [-0.3, -0.25) is 10.1 Å². The van der Waals surface area contributed by atoms with Crippen molar-refractivity contribution in [2.45, 2.75) is 18.5 Å². The quantitative estimate of drug-likeness (QED) is 0.706. The van der Waals surface area contributed by atoms with Gasteiger partial charge < -0.3 is 4.98 Å². The number of carbonyl (C=O) groups is 1. The smallest absolute Gasteiger partial charge is 0.236 e. The molecule has 2 aromatic heterocycles. The molecule has 21 heavy (non-hydrogen) atoms. The topological polar surface area (TPSA) is 83.6 Å². The standard InChI is InChI=1S/C13H13N5OS2/c1-2-11-17-18-13(21-11)16-10(19)7-20-12-14-8-5-3-4-6-9(8)15-12/h3-6H,2,7H2,1H3,(H,14,15)(H,16,18,19). The van der Waals surface area contributed by atoms with Crippen molar-refractivity contribution in [3.63, 3.8) is 0 Å². The molecule has 2 N–H and O–H groups in total. The molecule has 0 bridgehead atoms. The van der Waals surface area contributed by atoms with Crippen LogP contribution in [0.15, 0.2) is 29.4 Å². The van der Waals surface area contributed by atoms with Crippen LogP contribution in [-0.4, -0.2) is 31.8 Å². The second kappa shape index (κ2) is 6.23. The Balaban J connectivity index is 1.57. The maximum atomic E-state index is 11.9. The van der Waals surface area contributed by atoms with Gasteiger partial charge in [0.1, 0.15) is 5.01 Å². The van der Waals surface area contributed by atoms with Crippen molar-refractivity contribution >= 4 is 45.2 Å². The van der Waals surface area contributed by atoms with Crippen LogP contribution in [0, 0.1) is 0 Å². The summed E-state index contributed by atoms with van der Waals surface area (Å²) in [7, 11) is 0. The molecule has 0 unspecified atom stereocenters. The van der Waals surface area contributed by atoms with Crippen molar-refractivity contribution in [3.05, 3.63) is 29.3 Å². The van der Waals surface area contributed by atoms with E-state index in [0.29, 0.717) is 5.13 Å². The largest absolute Gasteiger partial charge is 0.333 e. The molecule has 3 rings (SSSR count). The third-order valence-electron chi connectivity index (χ3n) is 2.72. The Morgan fingerprint density at radius 3 is 3.00 bits per heavy atom. The highest BCUT2D eigenvalue weighted by atomic mass is 32.2. The summed E-state index contributed by atoms with van der Waals surface area (Å²) in [6.07, 6.45) is 0.821. The van der Waals surface area contributed by atoms with Crippen LogP contribution in [0.25, 0.3) is 11.0 Å². The minimum Gasteiger partial charge on any atom is -0.333 e. The first-order valence-corrected chi connectivity index (χ1v) is 8.24. The number of hydrogen-bond acceptors (Lipinski definition) is 6. The van der Waals surface area contributed by atoms with Crippen LogP contribution in [0.1, 0.15) is 11.9 Å². The number of benzene rings is 1. The first kappa shape index (κ1) is 14.0. The molecule has 3 aromatic rings. The number of fused-ring (bicyclic) bond motifs is 1. The minimum atomic E-state index is -0.112. The van der Waals surface area contributed by atoms with Crippen molar-refractivity contribution < 1.29 is 4.79 Å². The zero-order valence-electron chi connectivity index (χ0n) is 11.3. The molecule has 2 heterocycles. The van der Waals surface area contributed by atoms with Gasteiger partial charge in [0.25, 0.3) is 0 Å². The zero-order valence-corrected chi connectivity index (χ0v) is 12.9. The van der Waals surface area contributed by atoms with Crippen LogP contribution in [-0.2, 0) is 11.2 Å². The number of hydrogen-bond donors (Lipinski definition) is 2. The first-order chi connectivity index (χ1) is 10.2. The third kappa shape index (κ3) is 3.40. The SMILES string of the molecule is CCc1nnc(NC(=O)CSc2nc3ccccc3[nH]2)s1. The highest BCUT2D eigenvalue weighted by Crippen LogP contribution is 2.20. The lowest BCUT2D eigenvalue weighted by Crippen LogP contribution is -2.13. The summed E-state index contributed by atoms with van der Waals surface area (Å²) < 4.78 is 0. The number of rotatable bonds is 5. The summed E-state index contributed by atoms with van der Waals surface area (Å²) in [6, 6.07) is 7.77. The van der Waals surface area contributed by atoms with Crippen LogP contribution in [0.4, 0.5) is 5.13 Å². The average Bonchev–Trinajstić information content (AvgIpc) is 3.10. The van der Waals surface area contributed by atoms with E-state index in [9.17, 15) is 4.79 Å². The summed E-state index contributed by atoms with van der Waals surface area (Å²) in [5.41, 5.74) is 1.87. The molecule has 0 saturated carbocycles. The number of aromatic nitrogens is 4. The molecule has 0 aliphatic rings. The Hall–Kier alpha value is -1.93. The number of nitrogens with one attached hydrogen (secondary N) is 2. The minimum absolute atomic E-state index is 0.112. The molecule has 8 heteroatoms. The Morgan fingerprint density at radius 1 is 1.38 bits per heavy atom. The second-order valence-corrected chi connectivity index (χ2v) is 6.28. The number of carbonyl (C=O) groups excluding carboxylic acids is 1. The number of aromatic amines is 1. The lowest BCUT2D eigenvalue weighted by atomic mass is 10.3. The van der Waals surface area contributed by atoms with Gasteiger partial charge in [0, 0.05) is 0 Å². The van der Waals surface area contributed by atoms with Crippen LogP contribution in [0.2, 0.25) is 0 Å². The number of thioether (sulfide) groups is 1. The Morgan fingerprint density at radius 2 is 2.24 bits per heavy atom. The van der Waals surface area contributed by atoms with E-state index in [0.717, 1.165) is 27.6 Å². The molecule has 0 fully saturated rings. The van der Waals surface area contributed by atoms with E-state index in [1.165, 1.54) is 23.1 Å². The van der Waals surface area contributed by atoms with Crippen LogP contribution < -0.4 is 5.32 Å². The summed E-state index contributed by atoms with van der Waals surface area (Å²) in [5.74, 6) is 0.167. The maximum absolute atomic E-state index is 11.9. The van der Waals surface area contributed by atoms with Crippen LogP contribution in [0.3, 0.4) is 0 Å². The first-order valence-electron chi connectivity index (χ1n) is 6.44. The van der Waals surface area contributed by atoms with Crippen molar-refractivity contribution in [2.24, 2.45) is 0 Å². The molecule has 0 radical (unpaired) electrons. The molecule has 1 aromatic carbocycles. The van der Waals surface area contributed by atoms with Crippen molar-refractivity contribution in [2.75, 3.05) is 11.1 Å². The van der Waals surface area contributed by atoms with E-state index in [1.54, 1.807) is 0 Å². The zero-order chi connectivity index (χ0) is 14.7. The molecule has 6 nitrogen and oxygen atoms in total. The molecule has 0 saturated heterocycles. The molecule has 1 amide bonds. The summed E-state index contributed by atoms with van der Waals surface area (Å²) in [6.45, 7) is 2.00. The van der Waals surface area contributed by atoms with Gasteiger partial charge in [0.15, 0.2) is 5.16 Å². The number of nitrogens with zero attached hydrogens (tertiary/aromatic N) is 3. The highest BCUT2D eigenvalue weighted by Gasteiger charge is 2.09. The van der Waals surface area contributed by atoms with Crippen molar-refractivity contribution in [1.82, 2.24) is 20.2 Å². The molecular formula is C13H13N5OS2. The molecule has 108 valence electrons. The summed E-state index contributed by atoms with van der Waals surface area (Å²) in [4.78, 5) is 19.4. The monoisotopic (exact) mass is 319 g/mol.